The van der Waals surface area contributed by atoms with Crippen LogP contribution in [0.4, 0.5) is 23.2 Å². The van der Waals surface area contributed by atoms with Crippen LogP contribution in [-0.2, 0) is 18.7 Å². The Morgan fingerprint density at radius 1 is 1.07 bits per heavy atom. The van der Waals surface area contributed by atoms with Gasteiger partial charge in [-0.3, -0.25) is 9.48 Å². The highest BCUT2D eigenvalue weighted by atomic mass is 35.5. The van der Waals surface area contributed by atoms with Crippen LogP contribution in [0.1, 0.15) is 41.2 Å². The number of rotatable bonds is 9. The highest BCUT2D eigenvalue weighted by Gasteiger charge is 2.43. The van der Waals surface area contributed by atoms with Crippen LogP contribution in [0.2, 0.25) is 5.15 Å². The molecule has 5 rings (SSSR count). The fourth-order valence-corrected chi connectivity index (χ4v) is 4.91. The number of alkyl halides is 2. The Morgan fingerprint density at radius 2 is 1.81 bits per heavy atom. The Labute approximate surface area is 241 Å². The molecule has 3 heterocycles. The molecule has 0 aliphatic heterocycles. The summed E-state index contributed by atoms with van der Waals surface area (Å²) < 4.78 is 63.6. The molecule has 0 aliphatic carbocycles. The molecule has 1 amide bonds. The maximum absolute atomic E-state index is 15.5. The minimum Gasteiger partial charge on any atom is -0.435 e. The van der Waals surface area contributed by atoms with Gasteiger partial charge in [-0.1, -0.05) is 29.8 Å². The third kappa shape index (κ3) is 5.16. The van der Waals surface area contributed by atoms with Crippen LogP contribution >= 0.6 is 11.6 Å². The number of carbonyl (C=O) groups is 1. The van der Waals surface area contributed by atoms with Crippen LogP contribution in [0.5, 0.6) is 5.75 Å². The van der Waals surface area contributed by atoms with Crippen molar-refractivity contribution in [2.45, 2.75) is 39.1 Å². The summed E-state index contributed by atoms with van der Waals surface area (Å²) >= 11 is 6.36. The molecule has 42 heavy (non-hydrogen) atoms. The quantitative estimate of drug-likeness (QED) is 0.165. The van der Waals surface area contributed by atoms with Gasteiger partial charge in [-0.2, -0.15) is 13.9 Å². The van der Waals surface area contributed by atoms with E-state index in [2.05, 4.69) is 25.1 Å². The van der Waals surface area contributed by atoms with Crippen molar-refractivity contribution in [1.29, 1.82) is 0 Å². The number of ether oxygens (including phenoxy) is 1. The number of amides is 1. The molecule has 0 saturated carbocycles. The Hall–Kier alpha value is -4.49. The minimum atomic E-state index is -3.21. The van der Waals surface area contributed by atoms with Gasteiger partial charge in [0, 0.05) is 36.5 Å². The van der Waals surface area contributed by atoms with Gasteiger partial charge < -0.3 is 19.7 Å². The Morgan fingerprint density at radius 3 is 2.45 bits per heavy atom. The summed E-state index contributed by atoms with van der Waals surface area (Å²) in [5.74, 6) is -3.40. The predicted octanol–water partition coefficient (Wildman–Crippen LogP) is 5.74. The van der Waals surface area contributed by atoms with Crippen molar-refractivity contribution < 1.29 is 32.2 Å². The third-order valence-electron chi connectivity index (χ3n) is 6.61. The zero-order valence-electron chi connectivity index (χ0n) is 22.2. The van der Waals surface area contributed by atoms with Gasteiger partial charge in [-0.25, -0.2) is 18.7 Å². The normalized spacial score (nSPS) is 13.0. The van der Waals surface area contributed by atoms with Gasteiger partial charge >= 0.3 is 6.61 Å². The molecule has 0 spiro atoms. The zero-order valence-corrected chi connectivity index (χ0v) is 22.9. The molecule has 1 atom stereocenters. The van der Waals surface area contributed by atoms with Gasteiger partial charge in [0.05, 0.1) is 23.0 Å². The number of hydrogen-bond donors (Lipinski definition) is 2. The number of fused-ring (bicyclic) bond motifs is 1. The van der Waals surface area contributed by atoms with E-state index in [1.807, 2.05) is 6.92 Å². The number of carbonyl (C=O) groups excluding carboxylic acids is 1. The van der Waals surface area contributed by atoms with Crippen LogP contribution in [-0.4, -0.2) is 41.9 Å². The van der Waals surface area contributed by atoms with E-state index in [4.69, 9.17) is 11.6 Å². The second kappa shape index (κ2) is 11.4. The second-order valence-electron chi connectivity index (χ2n) is 9.10. The molecule has 2 aromatic carbocycles. The average molecular weight is 603 g/mol. The van der Waals surface area contributed by atoms with Gasteiger partial charge in [0.25, 0.3) is 5.91 Å². The average Bonchev–Trinajstić information content (AvgIpc) is 3.55. The van der Waals surface area contributed by atoms with Crippen molar-refractivity contribution in [2.24, 2.45) is 0 Å². The van der Waals surface area contributed by atoms with Gasteiger partial charge in [0.1, 0.15) is 22.5 Å². The van der Waals surface area contributed by atoms with E-state index in [0.717, 1.165) is 18.2 Å². The highest BCUT2D eigenvalue weighted by Crippen LogP contribution is 2.41. The van der Waals surface area contributed by atoms with Crippen molar-refractivity contribution in [3.63, 3.8) is 0 Å². The summed E-state index contributed by atoms with van der Waals surface area (Å²) in [7, 11) is 0. The third-order valence-corrected chi connectivity index (χ3v) is 6.90. The number of nitrogens with one attached hydrogen (secondary N) is 1. The molecule has 3 aromatic heterocycles. The SMILES string of the molecule is CCn1cc(NC(=O)c2cc3c(nc2Cl)nc(C(O)(c2ccccc2F)c2ccc(OC(F)F)cc2F)n3CC)cn1. The topological polar surface area (TPSA) is 107 Å². The first-order chi connectivity index (χ1) is 20.1. The standard InChI is InChI=1S/C28H23ClF4N6O3/c1-3-38-14-15(13-34-38)35-25(40)17-12-22-24(36-23(17)29)37-26(39(22)4-2)28(41,18-7-5-6-8-20(18)30)19-10-9-16(11-21(19)31)42-27(32)33/h5-14,27,41H,3-4H2,1-2H3,(H,35,40). The molecule has 0 saturated heterocycles. The number of anilines is 1. The van der Waals surface area contributed by atoms with Gasteiger partial charge in [-0.15, -0.1) is 0 Å². The van der Waals surface area contributed by atoms with E-state index < -0.39 is 41.1 Å². The highest BCUT2D eigenvalue weighted by molar-refractivity contribution is 6.33. The summed E-state index contributed by atoms with van der Waals surface area (Å²) in [6, 6.07) is 9.23. The number of aryl methyl sites for hydroxylation is 2. The van der Waals surface area contributed by atoms with Crippen molar-refractivity contribution in [2.75, 3.05) is 5.32 Å². The molecule has 2 N–H and O–H groups in total. The summed E-state index contributed by atoms with van der Waals surface area (Å²) in [5, 5.41) is 18.8. The lowest BCUT2D eigenvalue weighted by Gasteiger charge is -2.30. The summed E-state index contributed by atoms with van der Waals surface area (Å²) in [5.41, 5.74) is -2.82. The van der Waals surface area contributed by atoms with E-state index in [1.165, 1.54) is 35.0 Å². The van der Waals surface area contributed by atoms with Crippen LogP contribution in [0.25, 0.3) is 11.2 Å². The van der Waals surface area contributed by atoms with Crippen LogP contribution in [0.15, 0.2) is 60.9 Å². The fourth-order valence-electron chi connectivity index (χ4n) is 4.69. The minimum absolute atomic E-state index is 0.0139. The number of benzene rings is 2. The summed E-state index contributed by atoms with van der Waals surface area (Å²) in [4.78, 5) is 21.7. The molecular formula is C28H23ClF4N6O3. The Balaban J connectivity index is 1.69. The number of aliphatic hydroxyl groups is 1. The molecule has 5 aromatic rings. The van der Waals surface area contributed by atoms with Crippen LogP contribution < -0.4 is 10.1 Å². The Bertz CT molecular complexity index is 1790. The van der Waals surface area contributed by atoms with E-state index >= 15 is 8.78 Å². The Kier molecular flexibility index (Phi) is 7.89. The zero-order chi connectivity index (χ0) is 30.2. The molecule has 0 bridgehead atoms. The van der Waals surface area contributed by atoms with E-state index in [-0.39, 0.29) is 39.8 Å². The fraction of sp³-hybridized carbons (Fsp3) is 0.214. The van der Waals surface area contributed by atoms with Gasteiger partial charge in [0.2, 0.25) is 0 Å². The molecule has 9 nitrogen and oxygen atoms in total. The lowest BCUT2D eigenvalue weighted by Crippen LogP contribution is -2.34. The number of halogens is 5. The van der Waals surface area contributed by atoms with Crippen LogP contribution in [0.3, 0.4) is 0 Å². The predicted molar refractivity (Wildman–Crippen MR) is 146 cm³/mol. The molecule has 218 valence electrons. The maximum Gasteiger partial charge on any atom is 0.387 e. The lowest BCUT2D eigenvalue weighted by atomic mass is 9.84. The summed E-state index contributed by atoms with van der Waals surface area (Å²) in [6.07, 6.45) is 3.10. The number of pyridine rings is 1. The van der Waals surface area contributed by atoms with Crippen molar-refractivity contribution in [3.8, 4) is 5.75 Å². The van der Waals surface area contributed by atoms with Crippen LogP contribution in [0, 0.1) is 11.6 Å². The van der Waals surface area contributed by atoms with Crippen molar-refractivity contribution >= 4 is 34.4 Å². The van der Waals surface area contributed by atoms with Crippen molar-refractivity contribution in [1.82, 2.24) is 24.3 Å². The van der Waals surface area contributed by atoms with E-state index in [9.17, 15) is 18.7 Å². The number of aromatic nitrogens is 5. The van der Waals surface area contributed by atoms with Gasteiger partial charge in [0.15, 0.2) is 17.1 Å². The molecule has 14 heteroatoms. The molecule has 0 fully saturated rings. The first kappa shape index (κ1) is 29.0. The molecule has 0 radical (unpaired) electrons. The monoisotopic (exact) mass is 602 g/mol. The first-order valence-corrected chi connectivity index (χ1v) is 13.1. The first-order valence-electron chi connectivity index (χ1n) is 12.7. The number of imidazole rings is 1. The van der Waals surface area contributed by atoms with E-state index in [1.54, 1.807) is 17.8 Å². The van der Waals surface area contributed by atoms with E-state index in [0.29, 0.717) is 18.3 Å². The molecule has 0 aliphatic rings. The number of hydrogen-bond acceptors (Lipinski definition) is 6. The smallest absolute Gasteiger partial charge is 0.387 e. The molecular weight excluding hydrogens is 580 g/mol. The number of nitrogens with zero attached hydrogens (tertiary/aromatic N) is 5. The lowest BCUT2D eigenvalue weighted by molar-refractivity contribution is -0.0500. The van der Waals surface area contributed by atoms with Gasteiger partial charge in [-0.05, 0) is 38.1 Å². The second-order valence-corrected chi connectivity index (χ2v) is 9.46. The van der Waals surface area contributed by atoms with Crippen molar-refractivity contribution in [3.05, 3.63) is 100 Å². The maximum atomic E-state index is 15.5. The molecule has 1 unspecified atom stereocenters. The largest absolute Gasteiger partial charge is 0.435 e. The summed E-state index contributed by atoms with van der Waals surface area (Å²) in [6.45, 7) is 1.07.